The molecule has 5 heteroatoms. The first kappa shape index (κ1) is 14.8. The molecule has 1 atom stereocenters. The van der Waals surface area contributed by atoms with Crippen LogP contribution in [0.2, 0.25) is 0 Å². The molecule has 1 aromatic carbocycles. The second kappa shape index (κ2) is 5.93. The average molecular weight is 300 g/mol. The quantitative estimate of drug-likeness (QED) is 0.695. The Bertz CT molecular complexity index is 720. The highest BCUT2D eigenvalue weighted by atomic mass is 16.5. The van der Waals surface area contributed by atoms with E-state index >= 15 is 0 Å². The number of methoxy groups -OCH3 is 1. The molecule has 0 radical (unpaired) electrons. The molecular formula is C17H20N2O3. The third kappa shape index (κ3) is 2.52. The van der Waals surface area contributed by atoms with Crippen LogP contribution in [0.5, 0.6) is 0 Å². The van der Waals surface area contributed by atoms with E-state index in [9.17, 15) is 9.59 Å². The molecule has 0 saturated carbocycles. The summed E-state index contributed by atoms with van der Waals surface area (Å²) in [5, 5.41) is 0.943. The van der Waals surface area contributed by atoms with E-state index in [1.165, 1.54) is 7.11 Å². The topological polar surface area (TPSA) is 62.4 Å². The largest absolute Gasteiger partial charge is 0.468 e. The minimum atomic E-state index is -0.292. The number of hydrogen-bond donors (Lipinski definition) is 1. The molecular weight excluding hydrogens is 280 g/mol. The van der Waals surface area contributed by atoms with Gasteiger partial charge in [-0.3, -0.25) is 14.5 Å². The number of fused-ring (bicyclic) bond motifs is 1. The van der Waals surface area contributed by atoms with Gasteiger partial charge in [0, 0.05) is 22.2 Å². The zero-order valence-corrected chi connectivity index (χ0v) is 12.9. The van der Waals surface area contributed by atoms with E-state index in [1.54, 1.807) is 0 Å². The zero-order chi connectivity index (χ0) is 15.7. The van der Waals surface area contributed by atoms with Gasteiger partial charge in [-0.2, -0.15) is 0 Å². The number of para-hydroxylation sites is 1. The summed E-state index contributed by atoms with van der Waals surface area (Å²) in [6.45, 7) is 2.92. The maximum absolute atomic E-state index is 12.7. The first-order chi connectivity index (χ1) is 10.6. The number of hydrogen-bond acceptors (Lipinski definition) is 4. The number of carbonyl (C=O) groups is 2. The van der Waals surface area contributed by atoms with Crippen molar-refractivity contribution < 1.29 is 14.3 Å². The van der Waals surface area contributed by atoms with E-state index in [0.717, 1.165) is 41.5 Å². The van der Waals surface area contributed by atoms with Crippen LogP contribution in [0.3, 0.4) is 0 Å². The van der Waals surface area contributed by atoms with E-state index < -0.39 is 0 Å². The SMILES string of the molecule is COC(=O)C1CCCN1CC(=O)c1c(C)[nH]c2ccccc12. The number of aromatic amines is 1. The number of nitrogens with one attached hydrogen (secondary N) is 1. The van der Waals surface area contributed by atoms with Crippen LogP contribution in [0.25, 0.3) is 10.9 Å². The van der Waals surface area contributed by atoms with E-state index in [-0.39, 0.29) is 24.3 Å². The third-order valence-corrected chi connectivity index (χ3v) is 4.36. The number of esters is 1. The monoisotopic (exact) mass is 300 g/mol. The number of likely N-dealkylation sites (tertiary alicyclic amines) is 1. The number of H-pyrrole nitrogens is 1. The molecule has 0 spiro atoms. The second-order valence-electron chi connectivity index (χ2n) is 5.75. The highest BCUT2D eigenvalue weighted by Crippen LogP contribution is 2.24. The number of Topliss-reactive ketones (excluding diaryl/α,β-unsaturated/α-hetero) is 1. The summed E-state index contributed by atoms with van der Waals surface area (Å²) >= 11 is 0. The molecule has 1 aliphatic rings. The van der Waals surface area contributed by atoms with Crippen LogP contribution in [0.15, 0.2) is 24.3 Å². The van der Waals surface area contributed by atoms with Crippen LogP contribution in [0, 0.1) is 6.92 Å². The van der Waals surface area contributed by atoms with Crippen LogP contribution >= 0.6 is 0 Å². The fraction of sp³-hybridized carbons (Fsp3) is 0.412. The molecule has 1 aromatic heterocycles. The molecule has 1 saturated heterocycles. The van der Waals surface area contributed by atoms with Crippen molar-refractivity contribution in [2.24, 2.45) is 0 Å². The molecule has 22 heavy (non-hydrogen) atoms. The van der Waals surface area contributed by atoms with Crippen molar-refractivity contribution >= 4 is 22.7 Å². The van der Waals surface area contributed by atoms with Crippen molar-refractivity contribution in [3.63, 3.8) is 0 Å². The van der Waals surface area contributed by atoms with Gasteiger partial charge >= 0.3 is 5.97 Å². The number of aromatic nitrogens is 1. The van der Waals surface area contributed by atoms with Crippen LogP contribution in [0.1, 0.15) is 28.9 Å². The van der Waals surface area contributed by atoms with E-state index in [2.05, 4.69) is 4.98 Å². The van der Waals surface area contributed by atoms with Crippen molar-refractivity contribution in [1.82, 2.24) is 9.88 Å². The van der Waals surface area contributed by atoms with E-state index in [1.807, 2.05) is 36.1 Å². The van der Waals surface area contributed by atoms with Crippen molar-refractivity contribution in [2.45, 2.75) is 25.8 Å². The summed E-state index contributed by atoms with van der Waals surface area (Å²) in [6.07, 6.45) is 1.67. The molecule has 2 heterocycles. The Morgan fingerprint density at radius 3 is 2.91 bits per heavy atom. The third-order valence-electron chi connectivity index (χ3n) is 4.36. The van der Waals surface area contributed by atoms with Gasteiger partial charge in [0.05, 0.1) is 13.7 Å². The molecule has 0 amide bonds. The number of ether oxygens (including phenoxy) is 1. The van der Waals surface area contributed by atoms with Gasteiger partial charge in [0.25, 0.3) is 0 Å². The number of rotatable bonds is 4. The molecule has 1 unspecified atom stereocenters. The van der Waals surface area contributed by atoms with E-state index in [0.29, 0.717) is 0 Å². The highest BCUT2D eigenvalue weighted by molar-refractivity contribution is 6.10. The lowest BCUT2D eigenvalue weighted by molar-refractivity contribution is -0.145. The fourth-order valence-corrected chi connectivity index (χ4v) is 3.32. The lowest BCUT2D eigenvalue weighted by Crippen LogP contribution is -2.40. The number of aryl methyl sites for hydroxylation is 1. The van der Waals surface area contributed by atoms with Gasteiger partial charge in [0.15, 0.2) is 5.78 Å². The van der Waals surface area contributed by atoms with E-state index in [4.69, 9.17) is 4.74 Å². The number of benzene rings is 1. The molecule has 0 bridgehead atoms. The smallest absolute Gasteiger partial charge is 0.323 e. The lowest BCUT2D eigenvalue weighted by Gasteiger charge is -2.21. The van der Waals surface area contributed by atoms with Gasteiger partial charge < -0.3 is 9.72 Å². The van der Waals surface area contributed by atoms with Crippen molar-refractivity contribution in [3.8, 4) is 0 Å². The molecule has 1 aliphatic heterocycles. The molecule has 2 aromatic rings. The summed E-state index contributed by atoms with van der Waals surface area (Å²) in [5.74, 6) is -0.202. The first-order valence-corrected chi connectivity index (χ1v) is 7.54. The van der Waals surface area contributed by atoms with Crippen molar-refractivity contribution in [1.29, 1.82) is 0 Å². The average Bonchev–Trinajstić information content (AvgIpc) is 3.09. The maximum Gasteiger partial charge on any atom is 0.323 e. The van der Waals surface area contributed by atoms with Gasteiger partial charge in [-0.05, 0) is 32.4 Å². The molecule has 0 aliphatic carbocycles. The fourth-order valence-electron chi connectivity index (χ4n) is 3.32. The Labute approximate surface area is 129 Å². The Morgan fingerprint density at radius 1 is 1.36 bits per heavy atom. The maximum atomic E-state index is 12.7. The van der Waals surface area contributed by atoms with Crippen LogP contribution in [0.4, 0.5) is 0 Å². The van der Waals surface area contributed by atoms with Gasteiger partial charge in [-0.15, -0.1) is 0 Å². The molecule has 1 fully saturated rings. The predicted molar refractivity (Wildman–Crippen MR) is 84.0 cm³/mol. The van der Waals surface area contributed by atoms with Crippen LogP contribution < -0.4 is 0 Å². The Balaban J connectivity index is 1.84. The van der Waals surface area contributed by atoms with Crippen LogP contribution in [-0.2, 0) is 9.53 Å². The second-order valence-corrected chi connectivity index (χ2v) is 5.75. The van der Waals surface area contributed by atoms with Gasteiger partial charge in [0.1, 0.15) is 6.04 Å². The lowest BCUT2D eigenvalue weighted by atomic mass is 10.1. The van der Waals surface area contributed by atoms with Crippen molar-refractivity contribution in [3.05, 3.63) is 35.5 Å². The molecule has 3 rings (SSSR count). The van der Waals surface area contributed by atoms with Crippen LogP contribution in [-0.4, -0.2) is 47.9 Å². The number of carbonyl (C=O) groups excluding carboxylic acids is 2. The Hall–Kier alpha value is -2.14. The normalized spacial score (nSPS) is 18.7. The summed E-state index contributed by atoms with van der Waals surface area (Å²) in [6, 6.07) is 7.50. The molecule has 1 N–H and O–H groups in total. The Morgan fingerprint density at radius 2 is 2.14 bits per heavy atom. The Kier molecular flexibility index (Phi) is 3.98. The van der Waals surface area contributed by atoms with Gasteiger partial charge in [0.2, 0.25) is 0 Å². The molecule has 5 nitrogen and oxygen atoms in total. The standard InChI is InChI=1S/C17H20N2O3/c1-11-16(12-6-3-4-7-13(12)18-11)15(20)10-19-9-5-8-14(19)17(21)22-2/h3-4,6-7,14,18H,5,8-10H2,1-2H3. The number of ketones is 1. The highest BCUT2D eigenvalue weighted by Gasteiger charge is 2.33. The summed E-state index contributed by atoms with van der Waals surface area (Å²) in [5.41, 5.74) is 2.57. The minimum absolute atomic E-state index is 0.0470. The molecule has 116 valence electrons. The predicted octanol–water partition coefficient (Wildman–Crippen LogP) is 2.30. The summed E-state index contributed by atoms with van der Waals surface area (Å²) < 4.78 is 4.83. The number of nitrogens with zero attached hydrogens (tertiary/aromatic N) is 1. The zero-order valence-electron chi connectivity index (χ0n) is 12.9. The summed E-state index contributed by atoms with van der Waals surface area (Å²) in [7, 11) is 1.39. The van der Waals surface area contributed by atoms with Gasteiger partial charge in [-0.1, -0.05) is 18.2 Å². The van der Waals surface area contributed by atoms with Gasteiger partial charge in [-0.25, -0.2) is 0 Å². The first-order valence-electron chi connectivity index (χ1n) is 7.54. The summed E-state index contributed by atoms with van der Waals surface area (Å²) in [4.78, 5) is 29.7. The minimum Gasteiger partial charge on any atom is -0.468 e. The van der Waals surface area contributed by atoms with Crippen molar-refractivity contribution in [2.75, 3.05) is 20.2 Å².